The standard InChI is InChI=1S/C13H15NO3/c1-13(2)5-4-9-8(7-15)6-10(12(16)17-3)14-11(9)13/h6-7H,4-5H2,1-3H3. The summed E-state index contributed by atoms with van der Waals surface area (Å²) in [4.78, 5) is 26.9. The summed E-state index contributed by atoms with van der Waals surface area (Å²) in [6.45, 7) is 4.14. The van der Waals surface area contributed by atoms with Crippen LogP contribution in [0.1, 0.15) is 52.4 Å². The number of hydrogen-bond donors (Lipinski definition) is 0. The molecule has 0 radical (unpaired) electrons. The van der Waals surface area contributed by atoms with Gasteiger partial charge in [-0.05, 0) is 24.5 Å². The van der Waals surface area contributed by atoms with Gasteiger partial charge in [0.15, 0.2) is 0 Å². The van der Waals surface area contributed by atoms with Gasteiger partial charge in [0.25, 0.3) is 0 Å². The van der Waals surface area contributed by atoms with Crippen LogP contribution in [0.4, 0.5) is 0 Å². The Balaban J connectivity index is 2.63. The number of methoxy groups -OCH3 is 1. The van der Waals surface area contributed by atoms with Crippen molar-refractivity contribution in [3.63, 3.8) is 0 Å². The maximum Gasteiger partial charge on any atom is 0.356 e. The lowest BCUT2D eigenvalue weighted by Gasteiger charge is -2.18. The summed E-state index contributed by atoms with van der Waals surface area (Å²) in [5, 5.41) is 0. The molecule has 0 saturated heterocycles. The zero-order chi connectivity index (χ0) is 12.6. The number of nitrogens with zero attached hydrogens (tertiary/aromatic N) is 1. The van der Waals surface area contributed by atoms with Crippen molar-refractivity contribution >= 4 is 12.3 Å². The predicted molar refractivity (Wildman–Crippen MR) is 62.3 cm³/mol. The smallest absolute Gasteiger partial charge is 0.356 e. The minimum Gasteiger partial charge on any atom is -0.464 e. The van der Waals surface area contributed by atoms with E-state index in [2.05, 4.69) is 23.6 Å². The van der Waals surface area contributed by atoms with Crippen LogP contribution in [-0.2, 0) is 16.6 Å². The van der Waals surface area contributed by atoms with Crippen molar-refractivity contribution in [3.05, 3.63) is 28.6 Å². The van der Waals surface area contributed by atoms with E-state index >= 15 is 0 Å². The molecule has 1 aliphatic rings. The number of carbonyl (C=O) groups is 2. The Hall–Kier alpha value is -1.71. The van der Waals surface area contributed by atoms with Crippen LogP contribution >= 0.6 is 0 Å². The predicted octanol–water partition coefficient (Wildman–Crippen LogP) is 1.90. The van der Waals surface area contributed by atoms with E-state index in [0.717, 1.165) is 30.4 Å². The summed E-state index contributed by atoms with van der Waals surface area (Å²) in [5.41, 5.74) is 2.50. The molecular formula is C13H15NO3. The number of esters is 1. The lowest BCUT2D eigenvalue weighted by atomic mass is 9.90. The van der Waals surface area contributed by atoms with Crippen LogP contribution < -0.4 is 0 Å². The van der Waals surface area contributed by atoms with Crippen LogP contribution in [0, 0.1) is 0 Å². The van der Waals surface area contributed by atoms with Crippen LogP contribution in [0.5, 0.6) is 0 Å². The quantitative estimate of drug-likeness (QED) is 0.578. The van der Waals surface area contributed by atoms with Gasteiger partial charge in [-0.25, -0.2) is 9.78 Å². The molecular weight excluding hydrogens is 218 g/mol. The fraction of sp³-hybridized carbons (Fsp3) is 0.462. The summed E-state index contributed by atoms with van der Waals surface area (Å²) < 4.78 is 4.65. The van der Waals surface area contributed by atoms with Gasteiger partial charge in [-0.2, -0.15) is 0 Å². The molecule has 0 amide bonds. The van der Waals surface area contributed by atoms with Crippen LogP contribution in [0.3, 0.4) is 0 Å². The van der Waals surface area contributed by atoms with Gasteiger partial charge in [-0.1, -0.05) is 13.8 Å². The minimum absolute atomic E-state index is 0.0862. The molecule has 0 aliphatic heterocycles. The molecule has 0 fully saturated rings. The molecule has 0 bridgehead atoms. The highest BCUT2D eigenvalue weighted by molar-refractivity contribution is 5.90. The second-order valence-electron chi connectivity index (χ2n) is 4.92. The monoisotopic (exact) mass is 233 g/mol. The molecule has 4 heteroatoms. The summed E-state index contributed by atoms with van der Waals surface area (Å²) in [5.74, 6) is -0.501. The second-order valence-corrected chi connectivity index (χ2v) is 4.92. The first kappa shape index (κ1) is 11.8. The van der Waals surface area contributed by atoms with E-state index in [4.69, 9.17) is 0 Å². The molecule has 0 aromatic carbocycles. The van der Waals surface area contributed by atoms with Crippen molar-refractivity contribution in [2.45, 2.75) is 32.1 Å². The van der Waals surface area contributed by atoms with Crippen molar-refractivity contribution in [1.82, 2.24) is 4.98 Å². The maximum atomic E-state index is 11.5. The van der Waals surface area contributed by atoms with Crippen molar-refractivity contribution in [2.24, 2.45) is 0 Å². The number of fused-ring (bicyclic) bond motifs is 1. The van der Waals surface area contributed by atoms with Gasteiger partial charge in [0.2, 0.25) is 0 Å². The molecule has 17 heavy (non-hydrogen) atoms. The van der Waals surface area contributed by atoms with E-state index in [-0.39, 0.29) is 11.1 Å². The minimum atomic E-state index is -0.501. The largest absolute Gasteiger partial charge is 0.464 e. The second kappa shape index (κ2) is 3.95. The summed E-state index contributed by atoms with van der Waals surface area (Å²) in [6, 6.07) is 1.51. The molecule has 0 spiro atoms. The molecule has 1 heterocycles. The average molecular weight is 233 g/mol. The third-order valence-electron chi connectivity index (χ3n) is 3.32. The van der Waals surface area contributed by atoms with Crippen LogP contribution in [0.2, 0.25) is 0 Å². The SMILES string of the molecule is COC(=O)c1cc(C=O)c2c(n1)C(C)(C)CC2. The maximum absolute atomic E-state index is 11.5. The average Bonchev–Trinajstić information content (AvgIpc) is 2.63. The van der Waals surface area contributed by atoms with Gasteiger partial charge in [-0.3, -0.25) is 4.79 Å². The summed E-state index contributed by atoms with van der Waals surface area (Å²) in [6.07, 6.45) is 2.57. The summed E-state index contributed by atoms with van der Waals surface area (Å²) >= 11 is 0. The first-order valence-corrected chi connectivity index (χ1v) is 5.57. The molecule has 1 aromatic heterocycles. The van der Waals surface area contributed by atoms with Gasteiger partial charge in [0.1, 0.15) is 12.0 Å². The number of carbonyl (C=O) groups excluding carboxylic acids is 2. The highest BCUT2D eigenvalue weighted by Gasteiger charge is 2.34. The zero-order valence-corrected chi connectivity index (χ0v) is 10.2. The van der Waals surface area contributed by atoms with Crippen molar-refractivity contribution < 1.29 is 14.3 Å². The summed E-state index contributed by atoms with van der Waals surface area (Å²) in [7, 11) is 1.31. The van der Waals surface area contributed by atoms with Crippen molar-refractivity contribution in [2.75, 3.05) is 7.11 Å². The van der Waals surface area contributed by atoms with Crippen LogP contribution in [-0.4, -0.2) is 24.3 Å². The normalized spacial score (nSPS) is 16.4. The zero-order valence-electron chi connectivity index (χ0n) is 10.2. The van der Waals surface area contributed by atoms with Gasteiger partial charge in [-0.15, -0.1) is 0 Å². The molecule has 0 unspecified atom stereocenters. The van der Waals surface area contributed by atoms with E-state index in [9.17, 15) is 9.59 Å². The molecule has 4 nitrogen and oxygen atoms in total. The van der Waals surface area contributed by atoms with E-state index in [0.29, 0.717) is 5.56 Å². The number of rotatable bonds is 2. The molecule has 0 atom stereocenters. The third kappa shape index (κ3) is 1.84. The van der Waals surface area contributed by atoms with E-state index < -0.39 is 5.97 Å². The van der Waals surface area contributed by atoms with E-state index in [1.54, 1.807) is 0 Å². The van der Waals surface area contributed by atoms with Crippen molar-refractivity contribution in [1.29, 1.82) is 0 Å². The molecule has 1 aliphatic carbocycles. The Bertz CT molecular complexity index is 492. The number of hydrogen-bond acceptors (Lipinski definition) is 4. The fourth-order valence-corrected chi connectivity index (χ4v) is 2.28. The molecule has 1 aromatic rings. The molecule has 0 saturated carbocycles. The lowest BCUT2D eigenvalue weighted by Crippen LogP contribution is -2.17. The Morgan fingerprint density at radius 2 is 2.24 bits per heavy atom. The lowest BCUT2D eigenvalue weighted by molar-refractivity contribution is 0.0593. The number of aromatic nitrogens is 1. The van der Waals surface area contributed by atoms with Crippen molar-refractivity contribution in [3.8, 4) is 0 Å². The van der Waals surface area contributed by atoms with Gasteiger partial charge in [0, 0.05) is 11.0 Å². The Morgan fingerprint density at radius 3 is 2.82 bits per heavy atom. The van der Waals surface area contributed by atoms with Crippen LogP contribution in [0.15, 0.2) is 6.07 Å². The first-order chi connectivity index (χ1) is 7.99. The number of pyridine rings is 1. The van der Waals surface area contributed by atoms with Gasteiger partial charge in [0.05, 0.1) is 12.8 Å². The third-order valence-corrected chi connectivity index (χ3v) is 3.32. The van der Waals surface area contributed by atoms with E-state index in [1.165, 1.54) is 13.2 Å². The van der Waals surface area contributed by atoms with Crippen LogP contribution in [0.25, 0.3) is 0 Å². The topological polar surface area (TPSA) is 56.3 Å². The Labute approximate surface area is 100 Å². The highest BCUT2D eigenvalue weighted by Crippen LogP contribution is 2.38. The molecule has 0 N–H and O–H groups in total. The van der Waals surface area contributed by atoms with Gasteiger partial charge >= 0.3 is 5.97 Å². The first-order valence-electron chi connectivity index (χ1n) is 5.57. The number of aldehydes is 1. The number of ether oxygens (including phenoxy) is 1. The Kier molecular flexibility index (Phi) is 2.73. The highest BCUT2D eigenvalue weighted by atomic mass is 16.5. The molecule has 2 rings (SSSR count). The van der Waals surface area contributed by atoms with Gasteiger partial charge < -0.3 is 4.74 Å². The fourth-order valence-electron chi connectivity index (χ4n) is 2.28. The Morgan fingerprint density at radius 1 is 1.53 bits per heavy atom. The molecule has 90 valence electrons. The van der Waals surface area contributed by atoms with E-state index in [1.807, 2.05) is 0 Å².